The highest BCUT2D eigenvalue weighted by atomic mass is 19.4. The molecule has 0 unspecified atom stereocenters. The smallest absolute Gasteiger partial charge is 0.362 e. The summed E-state index contributed by atoms with van der Waals surface area (Å²) >= 11 is 0. The monoisotopic (exact) mass is 328 g/mol. The number of hydrazone groups is 1. The Morgan fingerprint density at radius 3 is 2.61 bits per heavy atom. The van der Waals surface area contributed by atoms with E-state index in [1.165, 1.54) is 6.07 Å². The maximum Gasteiger partial charge on any atom is 0.438 e. The van der Waals surface area contributed by atoms with E-state index in [9.17, 15) is 23.1 Å². The first-order valence-corrected chi connectivity index (χ1v) is 7.46. The molecule has 1 aliphatic heterocycles. The first-order chi connectivity index (χ1) is 10.7. The number of benzene rings is 1. The van der Waals surface area contributed by atoms with Gasteiger partial charge in [0, 0.05) is 17.7 Å². The van der Waals surface area contributed by atoms with E-state index >= 15 is 0 Å². The molecule has 4 nitrogen and oxygen atoms in total. The highest BCUT2D eigenvalue weighted by Gasteiger charge is 2.63. The molecular weight excluding hydrogens is 309 g/mol. The Bertz CT molecular complexity index is 628. The molecule has 0 fully saturated rings. The lowest BCUT2D eigenvalue weighted by molar-refractivity contribution is -0.297. The Morgan fingerprint density at radius 1 is 1.39 bits per heavy atom. The predicted octanol–water partition coefficient (Wildman–Crippen LogP) is 3.64. The minimum atomic E-state index is -4.98. The van der Waals surface area contributed by atoms with Gasteiger partial charge in [-0.05, 0) is 31.4 Å². The van der Waals surface area contributed by atoms with Crippen molar-refractivity contribution in [2.24, 2.45) is 5.10 Å². The van der Waals surface area contributed by atoms with Crippen LogP contribution in [0.5, 0.6) is 0 Å². The average Bonchev–Trinajstić information content (AvgIpc) is 2.83. The van der Waals surface area contributed by atoms with Crippen LogP contribution in [0.25, 0.3) is 0 Å². The Kier molecular flexibility index (Phi) is 4.79. The zero-order valence-electron chi connectivity index (χ0n) is 13.0. The summed E-state index contributed by atoms with van der Waals surface area (Å²) in [5.41, 5.74) is -2.47. The van der Waals surface area contributed by atoms with Gasteiger partial charge in [-0.15, -0.1) is 0 Å². The van der Waals surface area contributed by atoms with Gasteiger partial charge in [-0.2, -0.15) is 23.3 Å². The van der Waals surface area contributed by atoms with Gasteiger partial charge in [0.25, 0.3) is 11.6 Å². The van der Waals surface area contributed by atoms with Crippen LogP contribution in [0.1, 0.15) is 48.5 Å². The number of hydrogen-bond acceptors (Lipinski definition) is 3. The Balaban J connectivity index is 2.40. The standard InChI is InChI=1S/C16H19F3N2O2/c1-3-4-8-12-10-15(23,16(17,18)19)21(20-12)14(22)13-9-6-5-7-11(13)2/h5-7,9,23H,3-4,8,10H2,1-2H3/t15-/m0/s1. The van der Waals surface area contributed by atoms with E-state index in [4.69, 9.17) is 0 Å². The van der Waals surface area contributed by atoms with Gasteiger partial charge in [0.1, 0.15) is 0 Å². The molecule has 1 atom stereocenters. The maximum atomic E-state index is 13.3. The molecule has 0 bridgehead atoms. The number of aryl methyl sites for hydroxylation is 1. The van der Waals surface area contributed by atoms with Crippen LogP contribution in [0.4, 0.5) is 13.2 Å². The summed E-state index contributed by atoms with van der Waals surface area (Å²) in [5, 5.41) is 14.1. The summed E-state index contributed by atoms with van der Waals surface area (Å²) < 4.78 is 40.0. The van der Waals surface area contributed by atoms with Crippen LogP contribution in [-0.2, 0) is 0 Å². The Morgan fingerprint density at radius 2 is 2.04 bits per heavy atom. The van der Waals surface area contributed by atoms with Crippen LogP contribution in [-0.4, -0.2) is 33.6 Å². The van der Waals surface area contributed by atoms with Crippen molar-refractivity contribution in [3.8, 4) is 0 Å². The van der Waals surface area contributed by atoms with E-state index in [0.29, 0.717) is 18.4 Å². The first kappa shape index (κ1) is 17.5. The molecule has 0 radical (unpaired) electrons. The summed E-state index contributed by atoms with van der Waals surface area (Å²) in [7, 11) is 0. The number of rotatable bonds is 4. The molecule has 1 aliphatic rings. The zero-order valence-corrected chi connectivity index (χ0v) is 13.0. The highest BCUT2D eigenvalue weighted by molar-refractivity contribution is 5.99. The van der Waals surface area contributed by atoms with Gasteiger partial charge < -0.3 is 5.11 Å². The summed E-state index contributed by atoms with van der Waals surface area (Å²) in [5.74, 6) is -0.950. The lowest BCUT2D eigenvalue weighted by Crippen LogP contribution is -2.56. The van der Waals surface area contributed by atoms with Crippen LogP contribution in [0, 0.1) is 6.92 Å². The second-order valence-electron chi connectivity index (χ2n) is 5.69. The molecule has 0 saturated heterocycles. The van der Waals surface area contributed by atoms with Gasteiger partial charge in [0.05, 0.1) is 0 Å². The van der Waals surface area contributed by atoms with Gasteiger partial charge in [0.15, 0.2) is 0 Å². The number of halogens is 3. The molecule has 0 aromatic heterocycles. The van der Waals surface area contributed by atoms with E-state index in [1.54, 1.807) is 25.1 Å². The molecule has 7 heteroatoms. The van der Waals surface area contributed by atoms with Crippen molar-refractivity contribution in [3.63, 3.8) is 0 Å². The predicted molar refractivity (Wildman–Crippen MR) is 79.9 cm³/mol. The number of nitrogens with zero attached hydrogens (tertiary/aromatic N) is 2. The van der Waals surface area contributed by atoms with E-state index < -0.39 is 24.2 Å². The normalized spacial score (nSPS) is 21.5. The third-order valence-electron chi connectivity index (χ3n) is 3.88. The van der Waals surface area contributed by atoms with E-state index in [0.717, 1.165) is 6.42 Å². The molecule has 1 N–H and O–H groups in total. The van der Waals surface area contributed by atoms with Crippen LogP contribution in [0.15, 0.2) is 29.4 Å². The van der Waals surface area contributed by atoms with Crippen LogP contribution in [0.3, 0.4) is 0 Å². The molecule has 0 aliphatic carbocycles. The summed E-state index contributed by atoms with van der Waals surface area (Å²) in [6, 6.07) is 6.29. The number of alkyl halides is 3. The number of carbonyl (C=O) groups excluding carboxylic acids is 1. The topological polar surface area (TPSA) is 52.9 Å². The van der Waals surface area contributed by atoms with Gasteiger partial charge in [-0.1, -0.05) is 31.5 Å². The number of amides is 1. The minimum Gasteiger partial charge on any atom is -0.362 e. The van der Waals surface area contributed by atoms with Crippen LogP contribution in [0.2, 0.25) is 0 Å². The quantitative estimate of drug-likeness (QED) is 0.917. The second-order valence-corrected chi connectivity index (χ2v) is 5.69. The maximum absolute atomic E-state index is 13.3. The number of carbonyl (C=O) groups is 1. The fourth-order valence-electron chi connectivity index (χ4n) is 2.50. The van der Waals surface area contributed by atoms with Gasteiger partial charge in [-0.25, -0.2) is 0 Å². The molecule has 1 aromatic rings. The highest BCUT2D eigenvalue weighted by Crippen LogP contribution is 2.41. The van der Waals surface area contributed by atoms with Gasteiger partial charge in [-0.3, -0.25) is 4.79 Å². The average molecular weight is 328 g/mol. The van der Waals surface area contributed by atoms with Crippen molar-refractivity contribution in [3.05, 3.63) is 35.4 Å². The first-order valence-electron chi connectivity index (χ1n) is 7.46. The van der Waals surface area contributed by atoms with Crippen LogP contribution >= 0.6 is 0 Å². The molecule has 23 heavy (non-hydrogen) atoms. The number of unbranched alkanes of at least 4 members (excludes halogenated alkanes) is 1. The number of aliphatic hydroxyl groups is 1. The molecule has 1 amide bonds. The van der Waals surface area contributed by atoms with Crippen molar-refractivity contribution in [1.82, 2.24) is 5.01 Å². The van der Waals surface area contributed by atoms with Crippen molar-refractivity contribution >= 4 is 11.6 Å². The van der Waals surface area contributed by atoms with Gasteiger partial charge >= 0.3 is 6.18 Å². The van der Waals surface area contributed by atoms with E-state index in [-0.39, 0.29) is 16.3 Å². The van der Waals surface area contributed by atoms with Crippen molar-refractivity contribution in [1.29, 1.82) is 0 Å². The summed E-state index contributed by atoms with van der Waals surface area (Å²) in [4.78, 5) is 12.5. The lowest BCUT2D eigenvalue weighted by Gasteiger charge is -2.32. The molecule has 0 spiro atoms. The molecular formula is C16H19F3N2O2. The van der Waals surface area contributed by atoms with Gasteiger partial charge in [0.2, 0.25) is 0 Å². The zero-order chi connectivity index (χ0) is 17.3. The van der Waals surface area contributed by atoms with E-state index in [1.807, 2.05) is 6.92 Å². The number of hydrogen-bond donors (Lipinski definition) is 1. The largest absolute Gasteiger partial charge is 0.438 e. The third kappa shape index (κ3) is 3.24. The third-order valence-corrected chi connectivity index (χ3v) is 3.88. The Hall–Kier alpha value is -1.89. The second kappa shape index (κ2) is 6.31. The Labute approximate surface area is 132 Å². The van der Waals surface area contributed by atoms with Crippen LogP contribution < -0.4 is 0 Å². The molecule has 126 valence electrons. The fourth-order valence-corrected chi connectivity index (χ4v) is 2.50. The molecule has 2 rings (SSSR count). The fraction of sp³-hybridized carbons (Fsp3) is 0.500. The minimum absolute atomic E-state index is 0.0932. The molecule has 1 heterocycles. The summed E-state index contributed by atoms with van der Waals surface area (Å²) in [6.07, 6.45) is -3.92. The van der Waals surface area contributed by atoms with Crippen molar-refractivity contribution < 1.29 is 23.1 Å². The van der Waals surface area contributed by atoms with Crippen molar-refractivity contribution in [2.75, 3.05) is 0 Å². The van der Waals surface area contributed by atoms with Crippen molar-refractivity contribution in [2.45, 2.75) is 51.4 Å². The summed E-state index contributed by atoms with van der Waals surface area (Å²) in [6.45, 7) is 3.53. The molecule has 0 saturated carbocycles. The SMILES string of the molecule is CCCCC1=NN(C(=O)c2ccccc2C)[C@@](O)(C(F)(F)F)C1. The lowest BCUT2D eigenvalue weighted by atomic mass is 10.0. The van der Waals surface area contributed by atoms with E-state index in [2.05, 4.69) is 5.10 Å². The molecule has 1 aromatic carbocycles.